The molecule has 3 rings (SSSR count). The van der Waals surface area contributed by atoms with Crippen LogP contribution in [-0.2, 0) is 0 Å². The molecular formula is C20H20F3NOS. The zero-order valence-electron chi connectivity index (χ0n) is 14.4. The van der Waals surface area contributed by atoms with E-state index in [1.54, 1.807) is 0 Å². The fourth-order valence-electron chi connectivity index (χ4n) is 3.20. The second-order valence-corrected chi connectivity index (χ2v) is 7.90. The van der Waals surface area contributed by atoms with Crippen LogP contribution < -0.4 is 5.32 Å². The van der Waals surface area contributed by atoms with Crippen LogP contribution in [-0.4, -0.2) is 11.2 Å². The van der Waals surface area contributed by atoms with Gasteiger partial charge < -0.3 is 5.32 Å². The molecule has 2 aromatic rings. The Hall–Kier alpha value is -1.95. The van der Waals surface area contributed by atoms with Crippen molar-refractivity contribution >= 4 is 23.4 Å². The van der Waals surface area contributed by atoms with Crippen molar-refractivity contribution in [3.63, 3.8) is 0 Å². The van der Waals surface area contributed by atoms with Gasteiger partial charge in [-0.2, -0.15) is 0 Å². The number of halogens is 3. The van der Waals surface area contributed by atoms with E-state index in [1.165, 1.54) is 36.0 Å². The molecule has 2 aromatic carbocycles. The van der Waals surface area contributed by atoms with Gasteiger partial charge in [0.25, 0.3) is 5.91 Å². The molecule has 1 fully saturated rings. The van der Waals surface area contributed by atoms with Gasteiger partial charge in [0.2, 0.25) is 0 Å². The van der Waals surface area contributed by atoms with Crippen molar-refractivity contribution in [1.29, 1.82) is 0 Å². The summed E-state index contributed by atoms with van der Waals surface area (Å²) in [6.45, 7) is 2.17. The van der Waals surface area contributed by atoms with Crippen molar-refractivity contribution in [2.24, 2.45) is 5.92 Å². The maximum Gasteiger partial charge on any atom is 0.255 e. The van der Waals surface area contributed by atoms with E-state index in [0.717, 1.165) is 37.8 Å². The summed E-state index contributed by atoms with van der Waals surface area (Å²) in [5.74, 6) is -2.17. The van der Waals surface area contributed by atoms with Gasteiger partial charge in [-0.25, -0.2) is 13.2 Å². The lowest BCUT2D eigenvalue weighted by atomic mass is 10.1. The minimum absolute atomic E-state index is 0.147. The third-order valence-electron chi connectivity index (χ3n) is 4.73. The number of rotatable bonds is 5. The molecule has 1 N–H and O–H groups in total. The molecule has 1 aliphatic carbocycles. The van der Waals surface area contributed by atoms with Gasteiger partial charge in [0.05, 0.1) is 0 Å². The van der Waals surface area contributed by atoms with Crippen LogP contribution in [0.2, 0.25) is 0 Å². The van der Waals surface area contributed by atoms with Crippen LogP contribution in [0.5, 0.6) is 0 Å². The average Bonchev–Trinajstić information content (AvgIpc) is 3.07. The molecule has 0 saturated heterocycles. The van der Waals surface area contributed by atoms with E-state index in [1.807, 2.05) is 0 Å². The topological polar surface area (TPSA) is 29.1 Å². The van der Waals surface area contributed by atoms with E-state index in [9.17, 15) is 18.0 Å². The number of hydrogen-bond acceptors (Lipinski definition) is 2. The first-order valence-electron chi connectivity index (χ1n) is 8.69. The number of amides is 1. The summed E-state index contributed by atoms with van der Waals surface area (Å²) in [4.78, 5) is 12.8. The van der Waals surface area contributed by atoms with E-state index in [0.29, 0.717) is 16.1 Å². The lowest BCUT2D eigenvalue weighted by molar-refractivity contribution is 0.102. The first kappa shape index (κ1) is 18.8. The SMILES string of the molecule is CCC1CCC(Sc2cc(C(=O)Nc3ccc(F)c(F)c3)ccc2F)C1. The van der Waals surface area contributed by atoms with Crippen LogP contribution in [0.4, 0.5) is 18.9 Å². The van der Waals surface area contributed by atoms with Crippen molar-refractivity contribution in [2.45, 2.75) is 42.8 Å². The van der Waals surface area contributed by atoms with E-state index < -0.39 is 17.5 Å². The molecular weight excluding hydrogens is 359 g/mol. The molecule has 26 heavy (non-hydrogen) atoms. The number of hydrogen-bond donors (Lipinski definition) is 1. The highest BCUT2D eigenvalue weighted by Crippen LogP contribution is 2.40. The maximum absolute atomic E-state index is 14.1. The highest BCUT2D eigenvalue weighted by molar-refractivity contribution is 8.00. The van der Waals surface area contributed by atoms with Crippen molar-refractivity contribution in [1.82, 2.24) is 0 Å². The molecule has 0 spiro atoms. The van der Waals surface area contributed by atoms with Crippen molar-refractivity contribution in [3.8, 4) is 0 Å². The predicted octanol–water partition coefficient (Wildman–Crippen LogP) is 6.03. The molecule has 0 aliphatic heterocycles. The van der Waals surface area contributed by atoms with Gasteiger partial charge in [0, 0.05) is 27.5 Å². The van der Waals surface area contributed by atoms with Crippen molar-refractivity contribution in [3.05, 3.63) is 59.4 Å². The third-order valence-corrected chi connectivity index (χ3v) is 6.06. The number of carbonyl (C=O) groups excluding carboxylic acids is 1. The lowest BCUT2D eigenvalue weighted by Crippen LogP contribution is -2.12. The predicted molar refractivity (Wildman–Crippen MR) is 98.0 cm³/mol. The molecule has 1 amide bonds. The Balaban J connectivity index is 1.71. The monoisotopic (exact) mass is 379 g/mol. The van der Waals surface area contributed by atoms with Crippen LogP contribution in [0, 0.1) is 23.4 Å². The quantitative estimate of drug-likeness (QED) is 0.687. The smallest absolute Gasteiger partial charge is 0.255 e. The summed E-state index contributed by atoms with van der Waals surface area (Å²) >= 11 is 1.47. The van der Waals surface area contributed by atoms with Crippen LogP contribution in [0.15, 0.2) is 41.3 Å². The van der Waals surface area contributed by atoms with Gasteiger partial charge in [-0.05, 0) is 55.5 Å². The fraction of sp³-hybridized carbons (Fsp3) is 0.350. The molecule has 0 radical (unpaired) electrons. The number of carbonyl (C=O) groups is 1. The van der Waals surface area contributed by atoms with E-state index in [2.05, 4.69) is 12.2 Å². The maximum atomic E-state index is 14.1. The summed E-state index contributed by atoms with van der Waals surface area (Å²) in [7, 11) is 0. The largest absolute Gasteiger partial charge is 0.322 e. The number of nitrogens with one attached hydrogen (secondary N) is 1. The summed E-state index contributed by atoms with van der Waals surface area (Å²) in [5, 5.41) is 2.87. The molecule has 2 atom stereocenters. The Labute approximate surface area is 155 Å². The van der Waals surface area contributed by atoms with Crippen LogP contribution in [0.3, 0.4) is 0 Å². The zero-order chi connectivity index (χ0) is 18.7. The average molecular weight is 379 g/mol. The molecule has 138 valence electrons. The van der Waals surface area contributed by atoms with Gasteiger partial charge >= 0.3 is 0 Å². The summed E-state index contributed by atoms with van der Waals surface area (Å²) in [5.41, 5.74) is 0.428. The normalized spacial score (nSPS) is 19.5. The molecule has 6 heteroatoms. The Morgan fingerprint density at radius 2 is 1.85 bits per heavy atom. The summed E-state index contributed by atoms with van der Waals surface area (Å²) in [6.07, 6.45) is 4.40. The van der Waals surface area contributed by atoms with Gasteiger partial charge in [0.1, 0.15) is 5.82 Å². The Bertz CT molecular complexity index is 812. The second-order valence-electron chi connectivity index (χ2n) is 6.56. The Morgan fingerprint density at radius 3 is 2.54 bits per heavy atom. The first-order chi connectivity index (χ1) is 12.5. The molecule has 0 bridgehead atoms. The van der Waals surface area contributed by atoms with Crippen LogP contribution in [0.1, 0.15) is 43.0 Å². The highest BCUT2D eigenvalue weighted by Gasteiger charge is 2.25. The van der Waals surface area contributed by atoms with Crippen molar-refractivity contribution in [2.75, 3.05) is 5.32 Å². The van der Waals surface area contributed by atoms with Crippen LogP contribution >= 0.6 is 11.8 Å². The van der Waals surface area contributed by atoms with E-state index in [-0.39, 0.29) is 17.1 Å². The minimum Gasteiger partial charge on any atom is -0.322 e. The summed E-state index contributed by atoms with van der Waals surface area (Å²) in [6, 6.07) is 7.32. The summed E-state index contributed by atoms with van der Waals surface area (Å²) < 4.78 is 40.4. The highest BCUT2D eigenvalue weighted by atomic mass is 32.2. The minimum atomic E-state index is -1.04. The van der Waals surface area contributed by atoms with E-state index >= 15 is 0 Å². The Kier molecular flexibility index (Phi) is 5.91. The number of anilines is 1. The number of benzene rings is 2. The third kappa shape index (κ3) is 4.41. The molecule has 1 saturated carbocycles. The number of thioether (sulfide) groups is 1. The first-order valence-corrected chi connectivity index (χ1v) is 9.56. The van der Waals surface area contributed by atoms with Crippen molar-refractivity contribution < 1.29 is 18.0 Å². The van der Waals surface area contributed by atoms with Gasteiger partial charge in [-0.15, -0.1) is 11.8 Å². The van der Waals surface area contributed by atoms with Gasteiger partial charge in [0.15, 0.2) is 11.6 Å². The van der Waals surface area contributed by atoms with E-state index in [4.69, 9.17) is 0 Å². The molecule has 2 unspecified atom stereocenters. The fourth-order valence-corrected chi connectivity index (χ4v) is 4.56. The molecule has 0 aromatic heterocycles. The standard InChI is InChI=1S/C20H20F3NOS/c1-2-12-3-6-15(9-12)26-19-10-13(4-7-17(19)22)20(25)24-14-5-8-16(21)18(23)11-14/h4-5,7-8,10-12,15H,2-3,6,9H2,1H3,(H,24,25). The lowest BCUT2D eigenvalue weighted by Gasteiger charge is -2.12. The molecule has 1 aliphatic rings. The Morgan fingerprint density at radius 1 is 1.08 bits per heavy atom. The second kappa shape index (κ2) is 8.16. The molecule has 0 heterocycles. The van der Waals surface area contributed by atoms with Crippen LogP contribution in [0.25, 0.3) is 0 Å². The van der Waals surface area contributed by atoms with Gasteiger partial charge in [-0.3, -0.25) is 4.79 Å². The van der Waals surface area contributed by atoms with Gasteiger partial charge in [-0.1, -0.05) is 13.3 Å². The molecule has 2 nitrogen and oxygen atoms in total. The zero-order valence-corrected chi connectivity index (χ0v) is 15.2.